The molecule has 2 aromatic carbocycles. The lowest BCUT2D eigenvalue weighted by Gasteiger charge is -2.26. The van der Waals surface area contributed by atoms with E-state index in [4.69, 9.17) is 9.84 Å². The molecule has 1 N–H and O–H groups in total. The van der Waals surface area contributed by atoms with Crippen LogP contribution in [0.25, 0.3) is 0 Å². The molecule has 2 rings (SSSR count). The maximum atomic E-state index is 12.3. The van der Waals surface area contributed by atoms with E-state index < -0.39 is 5.41 Å². The fourth-order valence-electron chi connectivity index (χ4n) is 2.29. The Hall–Kier alpha value is -2.33. The fraction of sp³-hybridized carbons (Fsp3) is 0.350. The Morgan fingerprint density at radius 3 is 2.04 bits per heavy atom. The van der Waals surface area contributed by atoms with Crippen molar-refractivity contribution in [1.29, 1.82) is 0 Å². The molecule has 0 aliphatic rings. The van der Waals surface area contributed by atoms with Gasteiger partial charge in [0.05, 0.1) is 6.61 Å². The molecule has 4 heteroatoms. The van der Waals surface area contributed by atoms with E-state index in [0.29, 0.717) is 6.61 Å². The van der Waals surface area contributed by atoms with E-state index in [2.05, 4.69) is 0 Å². The van der Waals surface area contributed by atoms with Crippen LogP contribution in [0.15, 0.2) is 48.5 Å². The van der Waals surface area contributed by atoms with Crippen molar-refractivity contribution in [1.82, 2.24) is 0 Å². The predicted octanol–water partition coefficient (Wildman–Crippen LogP) is 3.77. The summed E-state index contributed by atoms with van der Waals surface area (Å²) in [5.41, 5.74) is 2.35. The summed E-state index contributed by atoms with van der Waals surface area (Å²) in [5.74, 6) is 0.821. The van der Waals surface area contributed by atoms with Crippen molar-refractivity contribution in [3.63, 3.8) is 0 Å². The number of anilines is 1. The summed E-state index contributed by atoms with van der Waals surface area (Å²) < 4.78 is 5.76. The monoisotopic (exact) mass is 327 g/mol. The van der Waals surface area contributed by atoms with Crippen molar-refractivity contribution < 1.29 is 14.6 Å². The summed E-state index contributed by atoms with van der Waals surface area (Å²) in [7, 11) is 1.78. The van der Waals surface area contributed by atoms with E-state index in [-0.39, 0.29) is 12.5 Å². The Morgan fingerprint density at radius 1 is 1.00 bits per heavy atom. The minimum Gasteiger partial charge on any atom is -0.489 e. The van der Waals surface area contributed by atoms with Gasteiger partial charge >= 0.3 is 0 Å². The van der Waals surface area contributed by atoms with Crippen LogP contribution in [-0.4, -0.2) is 18.1 Å². The smallest absolute Gasteiger partial charge is 0.232 e. The summed E-state index contributed by atoms with van der Waals surface area (Å²) in [5, 5.41) is 9.04. The van der Waals surface area contributed by atoms with Gasteiger partial charge in [-0.3, -0.25) is 4.79 Å². The molecule has 4 nitrogen and oxygen atoms in total. The molecule has 0 heterocycles. The van der Waals surface area contributed by atoms with Crippen molar-refractivity contribution >= 4 is 11.6 Å². The molecule has 0 aliphatic heterocycles. The Balaban J connectivity index is 1.97. The summed E-state index contributed by atoms with van der Waals surface area (Å²) in [4.78, 5) is 14.0. The van der Waals surface area contributed by atoms with Gasteiger partial charge in [0.2, 0.25) is 5.91 Å². The quantitative estimate of drug-likeness (QED) is 0.909. The molecule has 1 amide bonds. The number of carbonyl (C=O) groups excluding carboxylic acids is 1. The van der Waals surface area contributed by atoms with Gasteiger partial charge < -0.3 is 14.7 Å². The second-order valence-electron chi connectivity index (χ2n) is 6.87. The number of nitrogens with zero attached hydrogens (tertiary/aromatic N) is 1. The third-order valence-corrected chi connectivity index (χ3v) is 3.78. The molecule has 128 valence electrons. The zero-order chi connectivity index (χ0) is 17.7. The molecular formula is C20H25NO3. The number of aliphatic hydroxyl groups is 1. The second-order valence-corrected chi connectivity index (χ2v) is 6.87. The highest BCUT2D eigenvalue weighted by molar-refractivity contribution is 5.96. The highest BCUT2D eigenvalue weighted by Gasteiger charge is 2.25. The Labute approximate surface area is 143 Å². The molecule has 0 aromatic heterocycles. The second kappa shape index (κ2) is 7.49. The number of carbonyl (C=O) groups is 1. The van der Waals surface area contributed by atoms with Crippen molar-refractivity contribution in [2.75, 3.05) is 11.9 Å². The molecule has 0 aliphatic carbocycles. The summed E-state index contributed by atoms with van der Waals surface area (Å²) in [6.45, 7) is 6.23. The van der Waals surface area contributed by atoms with E-state index in [1.807, 2.05) is 69.3 Å². The zero-order valence-electron chi connectivity index (χ0n) is 14.7. The molecule has 0 atom stereocenters. The average molecular weight is 327 g/mol. The molecule has 0 saturated heterocycles. The standard InChI is InChI=1S/C20H25NO3/c1-20(2,3)19(23)21(4)17-9-11-18(12-10-17)24-14-16-7-5-15(13-22)6-8-16/h5-12,22H,13-14H2,1-4H3. The van der Waals surface area contributed by atoms with Gasteiger partial charge in [-0.05, 0) is 35.4 Å². The SMILES string of the molecule is CN(C(=O)C(C)(C)C)c1ccc(OCc2ccc(CO)cc2)cc1. The maximum absolute atomic E-state index is 12.3. The van der Waals surface area contributed by atoms with Gasteiger partial charge in [0.25, 0.3) is 0 Å². The van der Waals surface area contributed by atoms with Crippen LogP contribution in [0.4, 0.5) is 5.69 Å². The molecule has 24 heavy (non-hydrogen) atoms. The predicted molar refractivity (Wildman–Crippen MR) is 96.0 cm³/mol. The first-order chi connectivity index (χ1) is 11.3. The maximum Gasteiger partial charge on any atom is 0.232 e. The Morgan fingerprint density at radius 2 is 1.54 bits per heavy atom. The lowest BCUT2D eigenvalue weighted by atomic mass is 9.95. The van der Waals surface area contributed by atoms with Gasteiger partial charge in [0, 0.05) is 18.2 Å². The fourth-order valence-corrected chi connectivity index (χ4v) is 2.29. The summed E-state index contributed by atoms with van der Waals surface area (Å²) in [6.07, 6.45) is 0. The summed E-state index contributed by atoms with van der Waals surface area (Å²) in [6, 6.07) is 15.1. The van der Waals surface area contributed by atoms with Crippen LogP contribution in [0.1, 0.15) is 31.9 Å². The lowest BCUT2D eigenvalue weighted by molar-refractivity contribution is -0.125. The molecule has 2 aromatic rings. The van der Waals surface area contributed by atoms with Crippen LogP contribution < -0.4 is 9.64 Å². The molecule has 0 radical (unpaired) electrons. The first-order valence-corrected chi connectivity index (χ1v) is 8.01. The van der Waals surface area contributed by atoms with Crippen molar-refractivity contribution in [2.24, 2.45) is 5.41 Å². The summed E-state index contributed by atoms with van der Waals surface area (Å²) >= 11 is 0. The molecule has 0 bridgehead atoms. The van der Waals surface area contributed by atoms with Crippen molar-refractivity contribution in [3.8, 4) is 5.75 Å². The number of hydrogen-bond donors (Lipinski definition) is 1. The van der Waals surface area contributed by atoms with Crippen LogP contribution in [-0.2, 0) is 18.0 Å². The van der Waals surface area contributed by atoms with E-state index in [9.17, 15) is 4.79 Å². The zero-order valence-corrected chi connectivity index (χ0v) is 14.7. The molecular weight excluding hydrogens is 302 g/mol. The van der Waals surface area contributed by atoms with E-state index in [1.165, 1.54) is 0 Å². The number of benzene rings is 2. The van der Waals surface area contributed by atoms with Crippen LogP contribution in [0, 0.1) is 5.41 Å². The highest BCUT2D eigenvalue weighted by Crippen LogP contribution is 2.24. The first kappa shape index (κ1) is 18.0. The molecule has 0 spiro atoms. The minimum absolute atomic E-state index is 0.0450. The van der Waals surface area contributed by atoms with E-state index >= 15 is 0 Å². The molecule has 0 saturated carbocycles. The van der Waals surface area contributed by atoms with Crippen molar-refractivity contribution in [3.05, 3.63) is 59.7 Å². The third-order valence-electron chi connectivity index (χ3n) is 3.78. The molecule has 0 fully saturated rings. The van der Waals surface area contributed by atoms with Gasteiger partial charge in [-0.25, -0.2) is 0 Å². The average Bonchev–Trinajstić information content (AvgIpc) is 2.58. The van der Waals surface area contributed by atoms with Gasteiger partial charge in [0.15, 0.2) is 0 Å². The Kier molecular flexibility index (Phi) is 5.62. The lowest BCUT2D eigenvalue weighted by Crippen LogP contribution is -2.36. The number of ether oxygens (including phenoxy) is 1. The number of rotatable bonds is 5. The topological polar surface area (TPSA) is 49.8 Å². The third kappa shape index (κ3) is 4.59. The van der Waals surface area contributed by atoms with Gasteiger partial charge in [-0.1, -0.05) is 45.0 Å². The van der Waals surface area contributed by atoms with Crippen LogP contribution in [0.5, 0.6) is 5.75 Å². The van der Waals surface area contributed by atoms with E-state index in [1.54, 1.807) is 11.9 Å². The van der Waals surface area contributed by atoms with Crippen LogP contribution in [0.3, 0.4) is 0 Å². The van der Waals surface area contributed by atoms with Crippen LogP contribution >= 0.6 is 0 Å². The first-order valence-electron chi connectivity index (χ1n) is 8.01. The highest BCUT2D eigenvalue weighted by atomic mass is 16.5. The Bertz CT molecular complexity index is 670. The molecule has 0 unspecified atom stereocenters. The minimum atomic E-state index is -0.412. The number of aliphatic hydroxyl groups excluding tert-OH is 1. The normalized spacial score (nSPS) is 11.2. The van der Waals surface area contributed by atoms with Gasteiger partial charge in [-0.2, -0.15) is 0 Å². The van der Waals surface area contributed by atoms with Gasteiger partial charge in [0.1, 0.15) is 12.4 Å². The number of hydrogen-bond acceptors (Lipinski definition) is 3. The van der Waals surface area contributed by atoms with Gasteiger partial charge in [-0.15, -0.1) is 0 Å². The van der Waals surface area contributed by atoms with Crippen molar-refractivity contribution in [2.45, 2.75) is 34.0 Å². The van der Waals surface area contributed by atoms with Crippen LogP contribution in [0.2, 0.25) is 0 Å². The largest absolute Gasteiger partial charge is 0.489 e. The number of amides is 1. The van der Waals surface area contributed by atoms with E-state index in [0.717, 1.165) is 22.6 Å².